The number of hydrogen-bond acceptors (Lipinski definition) is 11. The van der Waals surface area contributed by atoms with Crippen LogP contribution in [0.15, 0.2) is 82.6 Å². The van der Waals surface area contributed by atoms with E-state index in [4.69, 9.17) is 37.9 Å². The SMILES string of the molecule is O=S(=O)(c1ccc(OCC2CO2)cc1)c1ccc(OCC2CO2)cc1.c1cc(N(CC2CO2)CC2CO2)ccc1OCC1CO1. The van der Waals surface area contributed by atoms with E-state index in [1.807, 2.05) is 12.1 Å². The third kappa shape index (κ3) is 9.32. The molecule has 5 aliphatic rings. The van der Waals surface area contributed by atoms with Crippen molar-refractivity contribution in [2.24, 2.45) is 0 Å². The molecule has 0 N–H and O–H groups in total. The molecule has 3 aromatic carbocycles. The maximum atomic E-state index is 12.7. The first kappa shape index (κ1) is 30.3. The topological polar surface area (TPSA) is 128 Å². The standard InChI is InChI=1S/C18H18O6S.C15H19NO4/c19-25(20,17-5-1-13(2-6-17)21-9-15-11-23-15)18-7-3-14(4-8-18)22-10-16-12-24-16;1-3-12(17-9-15-10-20-15)4-2-11(1)16(5-13-7-18-13)6-14-8-19-14/h1-8,15-16H,9-12H2;1-4,13-15H,5-10H2. The third-order valence-electron chi connectivity index (χ3n) is 7.64. The van der Waals surface area contributed by atoms with Crippen LogP contribution in [0.2, 0.25) is 0 Å². The van der Waals surface area contributed by atoms with Crippen molar-refractivity contribution in [3.05, 3.63) is 72.8 Å². The molecule has 12 heteroatoms. The molecule has 240 valence electrons. The Bertz CT molecular complexity index is 1420. The van der Waals surface area contributed by atoms with Crippen LogP contribution < -0.4 is 19.1 Å². The summed E-state index contributed by atoms with van der Waals surface area (Å²) in [6, 6.07) is 21.1. The molecule has 0 amide bonds. The Kier molecular flexibility index (Phi) is 9.11. The van der Waals surface area contributed by atoms with Crippen molar-refractivity contribution in [3.63, 3.8) is 0 Å². The minimum absolute atomic E-state index is 0.163. The van der Waals surface area contributed by atoms with Gasteiger partial charge in [-0.15, -0.1) is 0 Å². The van der Waals surface area contributed by atoms with Gasteiger partial charge in [-0.1, -0.05) is 0 Å². The molecule has 0 aliphatic carbocycles. The maximum absolute atomic E-state index is 12.7. The van der Waals surface area contributed by atoms with Gasteiger partial charge >= 0.3 is 0 Å². The molecule has 0 spiro atoms. The van der Waals surface area contributed by atoms with E-state index >= 15 is 0 Å². The number of hydrogen-bond donors (Lipinski definition) is 0. The molecule has 8 rings (SSSR count). The number of sulfone groups is 1. The molecule has 0 saturated carbocycles. The van der Waals surface area contributed by atoms with Crippen LogP contribution in [-0.2, 0) is 33.5 Å². The molecule has 5 unspecified atom stereocenters. The molecule has 0 aromatic heterocycles. The van der Waals surface area contributed by atoms with Crippen molar-refractivity contribution in [2.45, 2.75) is 40.3 Å². The van der Waals surface area contributed by atoms with Crippen molar-refractivity contribution < 1.29 is 46.3 Å². The minimum atomic E-state index is -3.57. The van der Waals surface area contributed by atoms with E-state index in [-0.39, 0.29) is 22.0 Å². The first-order valence-electron chi connectivity index (χ1n) is 15.2. The van der Waals surface area contributed by atoms with Crippen LogP contribution in [0.5, 0.6) is 17.2 Å². The summed E-state index contributed by atoms with van der Waals surface area (Å²) >= 11 is 0. The van der Waals surface area contributed by atoms with Gasteiger partial charge in [-0.05, 0) is 72.8 Å². The monoisotopic (exact) mass is 639 g/mol. The summed E-state index contributed by atoms with van der Waals surface area (Å²) in [7, 11) is -3.57. The summed E-state index contributed by atoms with van der Waals surface area (Å²) in [5.74, 6) is 2.15. The fraction of sp³-hybridized carbons (Fsp3) is 0.455. The lowest BCUT2D eigenvalue weighted by atomic mass is 10.2. The fourth-order valence-corrected chi connectivity index (χ4v) is 5.76. The Morgan fingerprint density at radius 2 is 0.822 bits per heavy atom. The molecule has 5 atom stereocenters. The average molecular weight is 640 g/mol. The Morgan fingerprint density at radius 1 is 0.511 bits per heavy atom. The second-order valence-corrected chi connectivity index (χ2v) is 13.5. The lowest BCUT2D eigenvalue weighted by Gasteiger charge is -2.23. The van der Waals surface area contributed by atoms with Crippen LogP contribution in [0.1, 0.15) is 0 Å². The molecule has 0 bridgehead atoms. The molecule has 5 saturated heterocycles. The van der Waals surface area contributed by atoms with Gasteiger partial charge in [0.15, 0.2) is 0 Å². The van der Waals surface area contributed by atoms with E-state index in [1.54, 1.807) is 48.5 Å². The van der Waals surface area contributed by atoms with Crippen LogP contribution in [0.4, 0.5) is 5.69 Å². The van der Waals surface area contributed by atoms with Gasteiger partial charge < -0.3 is 42.8 Å². The predicted molar refractivity (Wildman–Crippen MR) is 162 cm³/mol. The van der Waals surface area contributed by atoms with Crippen molar-refractivity contribution in [3.8, 4) is 17.2 Å². The highest BCUT2D eigenvalue weighted by molar-refractivity contribution is 7.91. The van der Waals surface area contributed by atoms with Gasteiger partial charge in [0.05, 0.1) is 55.0 Å². The second kappa shape index (κ2) is 13.5. The maximum Gasteiger partial charge on any atom is 0.206 e. The second-order valence-electron chi connectivity index (χ2n) is 11.6. The van der Waals surface area contributed by atoms with Gasteiger partial charge in [0.25, 0.3) is 0 Å². The van der Waals surface area contributed by atoms with Gasteiger partial charge in [-0.25, -0.2) is 8.42 Å². The van der Waals surface area contributed by atoms with Gasteiger partial charge in [0.2, 0.25) is 9.84 Å². The van der Waals surface area contributed by atoms with Crippen LogP contribution in [0.3, 0.4) is 0 Å². The number of nitrogens with zero attached hydrogens (tertiary/aromatic N) is 1. The zero-order chi connectivity index (χ0) is 30.6. The van der Waals surface area contributed by atoms with E-state index < -0.39 is 9.84 Å². The van der Waals surface area contributed by atoms with Gasteiger partial charge in [-0.2, -0.15) is 0 Å². The minimum Gasteiger partial charge on any atom is -0.491 e. The summed E-state index contributed by atoms with van der Waals surface area (Å²) in [6.07, 6.45) is 1.39. The first-order valence-corrected chi connectivity index (χ1v) is 16.7. The summed E-state index contributed by atoms with van der Waals surface area (Å²) in [5.41, 5.74) is 1.20. The Balaban J connectivity index is 0.000000148. The predicted octanol–water partition coefficient (Wildman–Crippen LogP) is 3.14. The zero-order valence-corrected chi connectivity index (χ0v) is 25.6. The van der Waals surface area contributed by atoms with Gasteiger partial charge in [0.1, 0.15) is 55.4 Å². The number of epoxide rings is 5. The molecule has 11 nitrogen and oxygen atoms in total. The highest BCUT2D eigenvalue weighted by Gasteiger charge is 2.31. The fourth-order valence-electron chi connectivity index (χ4n) is 4.50. The Labute approximate surface area is 262 Å². The van der Waals surface area contributed by atoms with E-state index in [2.05, 4.69) is 17.0 Å². The third-order valence-corrected chi connectivity index (χ3v) is 9.42. The van der Waals surface area contributed by atoms with Crippen LogP contribution in [0.25, 0.3) is 0 Å². The average Bonchev–Trinajstić information content (AvgIpc) is 3.85. The van der Waals surface area contributed by atoms with Crippen LogP contribution >= 0.6 is 0 Å². The first-order chi connectivity index (χ1) is 22.0. The zero-order valence-electron chi connectivity index (χ0n) is 24.8. The number of benzene rings is 3. The number of rotatable bonds is 16. The molecule has 5 aliphatic heterocycles. The lowest BCUT2D eigenvalue weighted by Crippen LogP contribution is -2.31. The highest BCUT2D eigenvalue weighted by Crippen LogP contribution is 2.27. The molecule has 3 aromatic rings. The van der Waals surface area contributed by atoms with Crippen LogP contribution in [-0.4, -0.2) is 105 Å². The molecular weight excluding hydrogens is 602 g/mol. The van der Waals surface area contributed by atoms with Gasteiger partial charge in [0, 0.05) is 18.8 Å². The van der Waals surface area contributed by atoms with Gasteiger partial charge in [-0.3, -0.25) is 0 Å². The number of ether oxygens (including phenoxy) is 8. The molecule has 5 fully saturated rings. The summed E-state index contributed by atoms with van der Waals surface area (Å²) in [6.45, 7) is 7.53. The van der Waals surface area contributed by atoms with E-state index in [0.717, 1.165) is 51.9 Å². The Hall–Kier alpha value is -3.39. The van der Waals surface area contributed by atoms with E-state index in [1.165, 1.54) is 5.69 Å². The quantitative estimate of drug-likeness (QED) is 0.215. The molecular formula is C33H37NO10S. The van der Waals surface area contributed by atoms with Crippen molar-refractivity contribution >= 4 is 15.5 Å². The molecule has 5 heterocycles. The van der Waals surface area contributed by atoms with Crippen molar-refractivity contribution in [1.29, 1.82) is 0 Å². The summed E-state index contributed by atoms with van der Waals surface area (Å²) in [4.78, 5) is 2.79. The normalized spacial score (nSPS) is 25.3. The number of anilines is 1. The Morgan fingerprint density at radius 3 is 1.13 bits per heavy atom. The van der Waals surface area contributed by atoms with Crippen molar-refractivity contribution in [1.82, 2.24) is 0 Å². The molecule has 0 radical (unpaired) electrons. The summed E-state index contributed by atoms with van der Waals surface area (Å²) in [5, 5.41) is 0. The van der Waals surface area contributed by atoms with E-state index in [9.17, 15) is 8.42 Å². The highest BCUT2D eigenvalue weighted by atomic mass is 32.2. The lowest BCUT2D eigenvalue weighted by molar-refractivity contribution is 0.263. The van der Waals surface area contributed by atoms with E-state index in [0.29, 0.717) is 49.6 Å². The largest absolute Gasteiger partial charge is 0.491 e. The van der Waals surface area contributed by atoms with Crippen LogP contribution in [0, 0.1) is 0 Å². The van der Waals surface area contributed by atoms with Crippen molar-refractivity contribution in [2.75, 3.05) is 70.8 Å². The molecule has 45 heavy (non-hydrogen) atoms. The summed E-state index contributed by atoms with van der Waals surface area (Å²) < 4.78 is 68.0. The smallest absolute Gasteiger partial charge is 0.206 e.